The summed E-state index contributed by atoms with van der Waals surface area (Å²) in [6.07, 6.45) is 3.66. The van der Waals surface area contributed by atoms with E-state index >= 15 is 0 Å². The summed E-state index contributed by atoms with van der Waals surface area (Å²) in [7, 11) is -3.28. The van der Waals surface area contributed by atoms with Crippen LogP contribution in [0.1, 0.15) is 25.7 Å². The van der Waals surface area contributed by atoms with Gasteiger partial charge in [-0.1, -0.05) is 0 Å². The van der Waals surface area contributed by atoms with Gasteiger partial charge in [0.2, 0.25) is 10.0 Å². The standard InChI is InChI=1S/C7H16N2O2S/c8-7-3-1-6(2-4-7)5-12(9,10)11/h6-7H,1-5,8H2,(H2,9,10,11). The molecule has 0 atom stereocenters. The lowest BCUT2D eigenvalue weighted by atomic mass is 9.88. The molecule has 0 aromatic rings. The third-order valence-corrected chi connectivity index (χ3v) is 3.30. The van der Waals surface area contributed by atoms with E-state index in [4.69, 9.17) is 10.9 Å². The molecule has 4 N–H and O–H groups in total. The molecule has 1 aliphatic rings. The first-order valence-corrected chi connectivity index (χ1v) is 5.95. The van der Waals surface area contributed by atoms with Crippen LogP contribution < -0.4 is 10.9 Å². The Bertz CT molecular complexity index is 230. The number of primary sulfonamides is 1. The van der Waals surface area contributed by atoms with Gasteiger partial charge in [-0.25, -0.2) is 13.6 Å². The highest BCUT2D eigenvalue weighted by molar-refractivity contribution is 7.89. The molecule has 0 heterocycles. The Hall–Kier alpha value is -0.130. The maximum Gasteiger partial charge on any atom is 0.209 e. The van der Waals surface area contributed by atoms with Crippen LogP contribution in [0, 0.1) is 5.92 Å². The molecule has 1 saturated carbocycles. The zero-order valence-corrected chi connectivity index (χ0v) is 7.89. The molecule has 0 aromatic heterocycles. The van der Waals surface area contributed by atoms with E-state index in [2.05, 4.69) is 0 Å². The van der Waals surface area contributed by atoms with Crippen molar-refractivity contribution in [3.05, 3.63) is 0 Å². The molecule has 0 spiro atoms. The van der Waals surface area contributed by atoms with Crippen LogP contribution in [0.15, 0.2) is 0 Å². The van der Waals surface area contributed by atoms with Gasteiger partial charge in [0.25, 0.3) is 0 Å². The normalized spacial score (nSPS) is 31.8. The Balaban J connectivity index is 2.36. The lowest BCUT2D eigenvalue weighted by Gasteiger charge is -2.24. The molecular formula is C7H16N2O2S. The van der Waals surface area contributed by atoms with Crippen molar-refractivity contribution in [2.45, 2.75) is 31.7 Å². The molecule has 0 aliphatic heterocycles. The van der Waals surface area contributed by atoms with E-state index in [-0.39, 0.29) is 17.7 Å². The van der Waals surface area contributed by atoms with E-state index in [0.717, 1.165) is 25.7 Å². The molecule has 0 amide bonds. The minimum Gasteiger partial charge on any atom is -0.328 e. The number of hydrogen-bond acceptors (Lipinski definition) is 3. The number of hydrogen-bond donors (Lipinski definition) is 2. The van der Waals surface area contributed by atoms with Gasteiger partial charge in [0, 0.05) is 6.04 Å². The summed E-state index contributed by atoms with van der Waals surface area (Å²) in [5.41, 5.74) is 5.68. The summed E-state index contributed by atoms with van der Waals surface area (Å²) >= 11 is 0. The van der Waals surface area contributed by atoms with Gasteiger partial charge < -0.3 is 5.73 Å². The molecule has 4 nitrogen and oxygen atoms in total. The predicted molar refractivity (Wildman–Crippen MR) is 47.9 cm³/mol. The van der Waals surface area contributed by atoms with Gasteiger partial charge in [-0.05, 0) is 31.6 Å². The van der Waals surface area contributed by atoms with Gasteiger partial charge in [-0.2, -0.15) is 0 Å². The van der Waals surface area contributed by atoms with E-state index < -0.39 is 10.0 Å². The Morgan fingerprint density at radius 3 is 2.08 bits per heavy atom. The van der Waals surface area contributed by atoms with Crippen molar-refractivity contribution in [2.75, 3.05) is 5.75 Å². The highest BCUT2D eigenvalue weighted by Gasteiger charge is 2.21. The van der Waals surface area contributed by atoms with E-state index in [9.17, 15) is 8.42 Å². The van der Waals surface area contributed by atoms with Crippen molar-refractivity contribution in [1.29, 1.82) is 0 Å². The largest absolute Gasteiger partial charge is 0.328 e. The summed E-state index contributed by atoms with van der Waals surface area (Å²) in [6, 6.07) is 0.265. The summed E-state index contributed by atoms with van der Waals surface area (Å²) < 4.78 is 21.5. The molecule has 1 aliphatic carbocycles. The number of nitrogens with two attached hydrogens (primary N) is 2. The lowest BCUT2D eigenvalue weighted by Crippen LogP contribution is -2.31. The fraction of sp³-hybridized carbons (Fsp3) is 1.00. The minimum absolute atomic E-state index is 0.125. The van der Waals surface area contributed by atoms with Crippen molar-refractivity contribution in [3.63, 3.8) is 0 Å². The predicted octanol–water partition coefficient (Wildman–Crippen LogP) is -0.208. The monoisotopic (exact) mass is 192 g/mol. The Labute approximate surface area is 73.4 Å². The van der Waals surface area contributed by atoms with E-state index in [0.29, 0.717) is 0 Å². The second-order valence-corrected chi connectivity index (χ2v) is 5.27. The number of sulfonamides is 1. The second kappa shape index (κ2) is 3.72. The summed E-state index contributed by atoms with van der Waals surface area (Å²) in [6.45, 7) is 0. The molecular weight excluding hydrogens is 176 g/mol. The SMILES string of the molecule is NC1CCC(CS(N)(=O)=O)CC1. The highest BCUT2D eigenvalue weighted by atomic mass is 32.2. The van der Waals surface area contributed by atoms with Crippen LogP contribution in [0.3, 0.4) is 0 Å². The highest BCUT2D eigenvalue weighted by Crippen LogP contribution is 2.23. The molecule has 72 valence electrons. The zero-order valence-electron chi connectivity index (χ0n) is 7.07. The molecule has 1 rings (SSSR count). The molecule has 5 heteroatoms. The second-order valence-electron chi connectivity index (χ2n) is 3.61. The van der Waals surface area contributed by atoms with E-state index in [1.165, 1.54) is 0 Å². The first kappa shape index (κ1) is 9.95. The van der Waals surface area contributed by atoms with Crippen molar-refractivity contribution in [3.8, 4) is 0 Å². The molecule has 12 heavy (non-hydrogen) atoms. The molecule has 0 aromatic carbocycles. The fourth-order valence-corrected chi connectivity index (χ4v) is 2.67. The van der Waals surface area contributed by atoms with Gasteiger partial charge in [0.1, 0.15) is 0 Å². The fourth-order valence-electron chi connectivity index (χ4n) is 1.68. The first-order chi connectivity index (χ1) is 5.47. The van der Waals surface area contributed by atoms with Crippen LogP contribution in [0.5, 0.6) is 0 Å². The van der Waals surface area contributed by atoms with Crippen LogP contribution in [0.2, 0.25) is 0 Å². The maximum absolute atomic E-state index is 10.7. The quantitative estimate of drug-likeness (QED) is 0.635. The molecule has 1 fully saturated rings. The maximum atomic E-state index is 10.7. The van der Waals surface area contributed by atoms with Gasteiger partial charge in [0.05, 0.1) is 5.75 Å². The van der Waals surface area contributed by atoms with Crippen LogP contribution in [-0.2, 0) is 10.0 Å². The van der Waals surface area contributed by atoms with Crippen molar-refractivity contribution in [2.24, 2.45) is 16.8 Å². The van der Waals surface area contributed by atoms with Gasteiger partial charge >= 0.3 is 0 Å². The van der Waals surface area contributed by atoms with Crippen LogP contribution in [-0.4, -0.2) is 20.2 Å². The van der Waals surface area contributed by atoms with Crippen molar-refractivity contribution < 1.29 is 8.42 Å². The lowest BCUT2D eigenvalue weighted by molar-refractivity contribution is 0.348. The topological polar surface area (TPSA) is 86.2 Å². The smallest absolute Gasteiger partial charge is 0.209 e. The molecule has 0 bridgehead atoms. The Kier molecular flexibility index (Phi) is 3.09. The van der Waals surface area contributed by atoms with Crippen LogP contribution in [0.4, 0.5) is 0 Å². The third kappa shape index (κ3) is 3.51. The van der Waals surface area contributed by atoms with Gasteiger partial charge in [0.15, 0.2) is 0 Å². The summed E-state index contributed by atoms with van der Waals surface area (Å²) in [4.78, 5) is 0. The van der Waals surface area contributed by atoms with Crippen LogP contribution >= 0.6 is 0 Å². The third-order valence-electron chi connectivity index (χ3n) is 2.36. The molecule has 0 unspecified atom stereocenters. The average molecular weight is 192 g/mol. The van der Waals surface area contributed by atoms with Crippen LogP contribution in [0.25, 0.3) is 0 Å². The Morgan fingerprint density at radius 1 is 1.17 bits per heavy atom. The summed E-state index contributed by atoms with van der Waals surface area (Å²) in [5.74, 6) is 0.361. The summed E-state index contributed by atoms with van der Waals surface area (Å²) in [5, 5.41) is 4.94. The first-order valence-electron chi connectivity index (χ1n) is 4.23. The molecule has 0 saturated heterocycles. The van der Waals surface area contributed by atoms with Gasteiger partial charge in [-0.15, -0.1) is 0 Å². The van der Waals surface area contributed by atoms with Crippen molar-refractivity contribution in [1.82, 2.24) is 0 Å². The Morgan fingerprint density at radius 2 is 1.67 bits per heavy atom. The van der Waals surface area contributed by atoms with Crippen molar-refractivity contribution >= 4 is 10.0 Å². The number of rotatable bonds is 2. The van der Waals surface area contributed by atoms with E-state index in [1.54, 1.807) is 0 Å². The zero-order chi connectivity index (χ0) is 9.19. The minimum atomic E-state index is -3.28. The average Bonchev–Trinajstić information content (AvgIpc) is 1.91. The van der Waals surface area contributed by atoms with Gasteiger partial charge in [-0.3, -0.25) is 0 Å². The molecule has 0 radical (unpaired) electrons. The van der Waals surface area contributed by atoms with E-state index in [1.807, 2.05) is 0 Å².